The summed E-state index contributed by atoms with van der Waals surface area (Å²) in [6.07, 6.45) is 0. The zero-order chi connectivity index (χ0) is 14.5. The smallest absolute Gasteiger partial charge is 0.235 e. The molecule has 0 spiro atoms. The number of halogens is 1. The molecule has 3 nitrogen and oxygen atoms in total. The van der Waals surface area contributed by atoms with Crippen LogP contribution in [0.4, 0.5) is 0 Å². The molecule has 1 amide bonds. The maximum atomic E-state index is 11.7. The molecule has 4 heteroatoms. The van der Waals surface area contributed by atoms with E-state index >= 15 is 0 Å². The van der Waals surface area contributed by atoms with E-state index in [-0.39, 0.29) is 10.7 Å². The van der Waals surface area contributed by atoms with Gasteiger partial charge < -0.3 is 9.64 Å². The summed E-state index contributed by atoms with van der Waals surface area (Å²) >= 11 is 3.27. The Balaban J connectivity index is 1.91. The number of hydrogen-bond acceptors (Lipinski definition) is 2. The van der Waals surface area contributed by atoms with Gasteiger partial charge in [0.05, 0.1) is 11.4 Å². The highest BCUT2D eigenvalue weighted by Gasteiger charge is 2.13. The van der Waals surface area contributed by atoms with Crippen molar-refractivity contribution in [3.8, 4) is 5.75 Å². The Morgan fingerprint density at radius 2 is 1.95 bits per heavy atom. The summed E-state index contributed by atoms with van der Waals surface area (Å²) in [6.45, 7) is 2.88. The zero-order valence-corrected chi connectivity index (χ0v) is 13.3. The Labute approximate surface area is 127 Å². The van der Waals surface area contributed by atoms with E-state index in [1.165, 1.54) is 5.39 Å². The Kier molecular flexibility index (Phi) is 5.01. The highest BCUT2D eigenvalue weighted by Crippen LogP contribution is 2.20. The van der Waals surface area contributed by atoms with Crippen LogP contribution in [0.25, 0.3) is 10.8 Å². The Hall–Kier alpha value is -1.55. The molecule has 1 atom stereocenters. The largest absolute Gasteiger partial charge is 0.492 e. The van der Waals surface area contributed by atoms with Gasteiger partial charge in [-0.05, 0) is 29.8 Å². The van der Waals surface area contributed by atoms with Crippen molar-refractivity contribution in [2.45, 2.75) is 11.8 Å². The van der Waals surface area contributed by atoms with Gasteiger partial charge in [-0.15, -0.1) is 0 Å². The molecular formula is C16H18BrNO2. The minimum atomic E-state index is -0.159. The molecule has 0 bridgehead atoms. The molecule has 0 saturated carbocycles. The van der Waals surface area contributed by atoms with Crippen LogP contribution in [-0.2, 0) is 4.79 Å². The minimum Gasteiger partial charge on any atom is -0.492 e. The number of likely N-dealkylation sites (N-methyl/N-ethyl adjacent to an activating group) is 1. The predicted molar refractivity (Wildman–Crippen MR) is 85.5 cm³/mol. The lowest BCUT2D eigenvalue weighted by Crippen LogP contribution is -2.35. The molecule has 0 aliphatic carbocycles. The monoisotopic (exact) mass is 335 g/mol. The van der Waals surface area contributed by atoms with Crippen LogP contribution in [0.1, 0.15) is 6.92 Å². The van der Waals surface area contributed by atoms with Gasteiger partial charge in [-0.25, -0.2) is 0 Å². The second kappa shape index (κ2) is 6.75. The summed E-state index contributed by atoms with van der Waals surface area (Å²) in [6, 6.07) is 14.2. The SMILES string of the molecule is CC(Br)C(=O)N(C)CCOc1ccc2ccccc2c1. The van der Waals surface area contributed by atoms with Crippen molar-refractivity contribution in [1.82, 2.24) is 4.90 Å². The van der Waals surface area contributed by atoms with Gasteiger partial charge in [0.25, 0.3) is 0 Å². The Morgan fingerprint density at radius 3 is 2.65 bits per heavy atom. The van der Waals surface area contributed by atoms with Crippen LogP contribution in [-0.4, -0.2) is 35.8 Å². The lowest BCUT2D eigenvalue weighted by atomic mass is 10.1. The molecule has 0 aliphatic heterocycles. The minimum absolute atomic E-state index is 0.0621. The number of alkyl halides is 1. The summed E-state index contributed by atoms with van der Waals surface area (Å²) < 4.78 is 5.71. The van der Waals surface area contributed by atoms with Crippen LogP contribution >= 0.6 is 15.9 Å². The molecule has 20 heavy (non-hydrogen) atoms. The summed E-state index contributed by atoms with van der Waals surface area (Å²) in [7, 11) is 1.78. The molecule has 2 aromatic carbocycles. The lowest BCUT2D eigenvalue weighted by Gasteiger charge is -2.18. The molecule has 0 fully saturated rings. The first-order chi connectivity index (χ1) is 9.58. The van der Waals surface area contributed by atoms with Crippen LogP contribution < -0.4 is 4.74 Å². The highest BCUT2D eigenvalue weighted by atomic mass is 79.9. The van der Waals surface area contributed by atoms with Gasteiger partial charge in [0.15, 0.2) is 0 Å². The molecule has 1 unspecified atom stereocenters. The normalized spacial score (nSPS) is 12.2. The fourth-order valence-corrected chi connectivity index (χ4v) is 2.32. The molecule has 106 valence electrons. The van der Waals surface area contributed by atoms with Crippen molar-refractivity contribution in [2.24, 2.45) is 0 Å². The topological polar surface area (TPSA) is 29.5 Å². The highest BCUT2D eigenvalue weighted by molar-refractivity contribution is 9.10. The second-order valence-electron chi connectivity index (χ2n) is 4.73. The van der Waals surface area contributed by atoms with E-state index in [4.69, 9.17) is 4.74 Å². The van der Waals surface area contributed by atoms with Gasteiger partial charge in [-0.3, -0.25) is 4.79 Å². The van der Waals surface area contributed by atoms with Crippen molar-refractivity contribution in [2.75, 3.05) is 20.2 Å². The fraction of sp³-hybridized carbons (Fsp3) is 0.312. The van der Waals surface area contributed by atoms with E-state index in [1.54, 1.807) is 11.9 Å². The Bertz CT molecular complexity index is 598. The van der Waals surface area contributed by atoms with Crippen LogP contribution in [0.3, 0.4) is 0 Å². The third-order valence-electron chi connectivity index (χ3n) is 3.13. The molecular weight excluding hydrogens is 318 g/mol. The first kappa shape index (κ1) is 14.9. The average molecular weight is 336 g/mol. The fourth-order valence-electron chi connectivity index (χ4n) is 1.97. The van der Waals surface area contributed by atoms with E-state index in [0.29, 0.717) is 13.2 Å². The number of fused-ring (bicyclic) bond motifs is 1. The number of amides is 1. The maximum Gasteiger partial charge on any atom is 0.235 e. The third kappa shape index (κ3) is 3.73. The van der Waals surface area contributed by atoms with Crippen LogP contribution in [0, 0.1) is 0 Å². The standard InChI is InChI=1S/C16H18BrNO2/c1-12(17)16(19)18(2)9-10-20-15-8-7-13-5-3-4-6-14(13)11-15/h3-8,11-12H,9-10H2,1-2H3. The van der Waals surface area contributed by atoms with Crippen LogP contribution in [0.5, 0.6) is 5.75 Å². The average Bonchev–Trinajstić information content (AvgIpc) is 2.46. The van der Waals surface area contributed by atoms with Crippen molar-refractivity contribution >= 4 is 32.6 Å². The maximum absolute atomic E-state index is 11.7. The molecule has 2 aromatic rings. The number of rotatable bonds is 5. The Morgan fingerprint density at radius 1 is 1.25 bits per heavy atom. The van der Waals surface area contributed by atoms with E-state index in [2.05, 4.69) is 28.1 Å². The van der Waals surface area contributed by atoms with E-state index < -0.39 is 0 Å². The number of hydrogen-bond donors (Lipinski definition) is 0. The van der Waals surface area contributed by atoms with Crippen LogP contribution in [0.15, 0.2) is 42.5 Å². The van der Waals surface area contributed by atoms with Crippen molar-refractivity contribution in [3.05, 3.63) is 42.5 Å². The first-order valence-corrected chi connectivity index (χ1v) is 7.50. The van der Waals surface area contributed by atoms with E-state index in [9.17, 15) is 4.79 Å². The summed E-state index contributed by atoms with van der Waals surface area (Å²) in [4.78, 5) is 13.2. The lowest BCUT2D eigenvalue weighted by molar-refractivity contribution is -0.129. The van der Waals surface area contributed by atoms with E-state index in [1.807, 2.05) is 37.3 Å². The number of benzene rings is 2. The molecule has 0 N–H and O–H groups in total. The van der Waals surface area contributed by atoms with Gasteiger partial charge >= 0.3 is 0 Å². The van der Waals surface area contributed by atoms with Gasteiger partial charge in [-0.1, -0.05) is 46.3 Å². The second-order valence-corrected chi connectivity index (χ2v) is 6.11. The van der Waals surface area contributed by atoms with Crippen LogP contribution in [0.2, 0.25) is 0 Å². The summed E-state index contributed by atoms with van der Waals surface area (Å²) in [5, 5.41) is 2.35. The molecule has 2 rings (SSSR count). The summed E-state index contributed by atoms with van der Waals surface area (Å²) in [5.74, 6) is 0.892. The molecule has 0 radical (unpaired) electrons. The van der Waals surface area contributed by atoms with Crippen molar-refractivity contribution < 1.29 is 9.53 Å². The van der Waals surface area contributed by atoms with E-state index in [0.717, 1.165) is 11.1 Å². The first-order valence-electron chi connectivity index (χ1n) is 6.58. The quantitative estimate of drug-likeness (QED) is 0.783. The predicted octanol–water partition coefficient (Wildman–Crippen LogP) is 3.46. The van der Waals surface area contributed by atoms with Gasteiger partial charge in [0.1, 0.15) is 12.4 Å². The molecule has 0 aliphatic rings. The molecule has 0 aromatic heterocycles. The molecule has 0 heterocycles. The third-order valence-corrected chi connectivity index (χ3v) is 3.52. The number of nitrogens with zero attached hydrogens (tertiary/aromatic N) is 1. The molecule has 0 saturated heterocycles. The van der Waals surface area contributed by atoms with Crippen molar-refractivity contribution in [3.63, 3.8) is 0 Å². The zero-order valence-electron chi connectivity index (χ0n) is 11.7. The number of carbonyl (C=O) groups is 1. The number of carbonyl (C=O) groups excluding carboxylic acids is 1. The summed E-state index contributed by atoms with van der Waals surface area (Å²) in [5.41, 5.74) is 0. The van der Waals surface area contributed by atoms with Gasteiger partial charge in [-0.2, -0.15) is 0 Å². The van der Waals surface area contributed by atoms with Gasteiger partial charge in [0, 0.05) is 7.05 Å². The number of ether oxygens (including phenoxy) is 1. The van der Waals surface area contributed by atoms with Crippen molar-refractivity contribution in [1.29, 1.82) is 0 Å². The van der Waals surface area contributed by atoms with Gasteiger partial charge in [0.2, 0.25) is 5.91 Å².